The smallest absolute Gasteiger partial charge is 0.271 e. The second kappa shape index (κ2) is 5.49. The van der Waals surface area contributed by atoms with Crippen molar-refractivity contribution in [2.24, 2.45) is 0 Å². The van der Waals surface area contributed by atoms with Crippen LogP contribution in [0.2, 0.25) is 0 Å². The summed E-state index contributed by atoms with van der Waals surface area (Å²) in [6.45, 7) is 0.0418. The van der Waals surface area contributed by atoms with E-state index in [-0.39, 0.29) is 17.2 Å². The molecule has 24 heavy (non-hydrogen) atoms. The Kier molecular flexibility index (Phi) is 3.30. The molecule has 0 spiro atoms. The van der Waals surface area contributed by atoms with E-state index in [1.807, 2.05) is 24.3 Å². The summed E-state index contributed by atoms with van der Waals surface area (Å²) >= 11 is 0. The number of nitrogens with one attached hydrogen (secondary N) is 1. The number of carbonyl (C=O) groups excluding carboxylic acids is 1. The molecule has 1 aliphatic rings. The molecule has 1 heterocycles. The molecule has 4 rings (SSSR count). The Morgan fingerprint density at radius 1 is 1.21 bits per heavy atom. The second-order valence-corrected chi connectivity index (χ2v) is 5.76. The largest absolute Gasteiger partial charge is 0.486 e. The minimum atomic E-state index is -0.385. The van der Waals surface area contributed by atoms with Crippen LogP contribution in [0.4, 0.5) is 5.69 Å². The van der Waals surface area contributed by atoms with Crippen LogP contribution in [0.5, 0.6) is 5.75 Å². The number of hydrogen-bond acceptors (Lipinski definition) is 4. The molecule has 3 aromatic rings. The van der Waals surface area contributed by atoms with Gasteiger partial charge in [-0.1, -0.05) is 0 Å². The van der Waals surface area contributed by atoms with Crippen molar-refractivity contribution in [2.75, 3.05) is 6.61 Å². The normalized spacial score (nSPS) is 12.5. The number of nitrogens with zero attached hydrogens (tertiary/aromatic N) is 1. The molecular weight excluding hydrogens is 308 g/mol. The van der Waals surface area contributed by atoms with E-state index in [0.717, 1.165) is 46.9 Å². The van der Waals surface area contributed by atoms with Crippen molar-refractivity contribution in [3.8, 4) is 17.0 Å². The maximum Gasteiger partial charge on any atom is 0.271 e. The zero-order valence-electron chi connectivity index (χ0n) is 12.7. The summed E-state index contributed by atoms with van der Waals surface area (Å²) in [5, 5.41) is 12.0. The predicted molar refractivity (Wildman–Crippen MR) is 89.4 cm³/mol. The number of aromatic amines is 1. The molecule has 1 aliphatic carbocycles. The van der Waals surface area contributed by atoms with E-state index in [9.17, 15) is 14.9 Å². The van der Waals surface area contributed by atoms with Gasteiger partial charge in [0.1, 0.15) is 12.4 Å². The van der Waals surface area contributed by atoms with Gasteiger partial charge in [0.25, 0.3) is 5.69 Å². The van der Waals surface area contributed by atoms with E-state index in [4.69, 9.17) is 4.74 Å². The fourth-order valence-electron chi connectivity index (χ4n) is 3.35. The Bertz CT molecular complexity index is 975. The maximum absolute atomic E-state index is 11.0. The van der Waals surface area contributed by atoms with Crippen LogP contribution in [0, 0.1) is 10.1 Å². The highest BCUT2D eigenvalue weighted by Crippen LogP contribution is 2.39. The number of aldehydes is 1. The van der Waals surface area contributed by atoms with Crippen LogP contribution in [0.15, 0.2) is 36.4 Å². The summed E-state index contributed by atoms with van der Waals surface area (Å²) in [6.07, 6.45) is 2.45. The van der Waals surface area contributed by atoms with Gasteiger partial charge in [-0.25, -0.2) is 0 Å². The molecule has 6 heteroatoms. The lowest BCUT2D eigenvalue weighted by Crippen LogP contribution is -2.04. The van der Waals surface area contributed by atoms with Gasteiger partial charge < -0.3 is 9.72 Å². The summed E-state index contributed by atoms with van der Waals surface area (Å²) in [6, 6.07) is 10.7. The van der Waals surface area contributed by atoms with E-state index >= 15 is 0 Å². The number of hydrogen-bond donors (Lipinski definition) is 1. The molecule has 0 amide bonds. The third kappa shape index (κ3) is 2.23. The summed E-state index contributed by atoms with van der Waals surface area (Å²) in [7, 11) is 0. The molecule has 1 aromatic heterocycles. The van der Waals surface area contributed by atoms with Gasteiger partial charge in [0.2, 0.25) is 0 Å². The standard InChI is InChI=1S/C18H14N2O4/c21-7-8-24-13-3-6-14-11(9-13)1-4-16-15-5-2-12(20(22)23)10-17(15)19-18(14)16/h2-3,5-7,9-10,19H,1,4,8H2. The van der Waals surface area contributed by atoms with Crippen LogP contribution >= 0.6 is 0 Å². The fraction of sp³-hybridized carbons (Fsp3) is 0.167. The van der Waals surface area contributed by atoms with Gasteiger partial charge in [-0.2, -0.15) is 0 Å². The minimum Gasteiger partial charge on any atom is -0.486 e. The van der Waals surface area contributed by atoms with E-state index in [2.05, 4.69) is 4.98 Å². The molecule has 0 radical (unpaired) electrons. The molecule has 0 atom stereocenters. The lowest BCUT2D eigenvalue weighted by Gasteiger charge is -2.17. The highest BCUT2D eigenvalue weighted by Gasteiger charge is 2.22. The number of rotatable bonds is 4. The molecule has 6 nitrogen and oxygen atoms in total. The topological polar surface area (TPSA) is 85.2 Å². The van der Waals surface area contributed by atoms with Crippen LogP contribution in [-0.2, 0) is 17.6 Å². The SMILES string of the molecule is O=CCOc1ccc2c(c1)CCc1c-2[nH]c2cc([N+](=O)[O-])ccc12. The monoisotopic (exact) mass is 322 g/mol. The number of fused-ring (bicyclic) bond motifs is 5. The van der Waals surface area contributed by atoms with Crippen LogP contribution < -0.4 is 4.74 Å². The number of benzene rings is 2. The number of non-ortho nitro benzene ring substituents is 1. The average molecular weight is 322 g/mol. The van der Waals surface area contributed by atoms with Crippen LogP contribution in [0.3, 0.4) is 0 Å². The van der Waals surface area contributed by atoms with Crippen molar-refractivity contribution < 1.29 is 14.5 Å². The first-order valence-electron chi connectivity index (χ1n) is 7.66. The zero-order valence-corrected chi connectivity index (χ0v) is 12.7. The number of nitro benzene ring substituents is 1. The van der Waals surface area contributed by atoms with Crippen LogP contribution in [-0.4, -0.2) is 22.8 Å². The van der Waals surface area contributed by atoms with Gasteiger partial charge in [-0.15, -0.1) is 0 Å². The van der Waals surface area contributed by atoms with E-state index in [0.29, 0.717) is 5.75 Å². The maximum atomic E-state index is 11.0. The number of carbonyl (C=O) groups is 1. The van der Waals surface area contributed by atoms with Crippen molar-refractivity contribution >= 4 is 22.9 Å². The average Bonchev–Trinajstić information content (AvgIpc) is 2.97. The van der Waals surface area contributed by atoms with Gasteiger partial charge in [0.05, 0.1) is 10.4 Å². The molecule has 0 bridgehead atoms. The van der Waals surface area contributed by atoms with Crippen molar-refractivity contribution in [1.82, 2.24) is 4.98 Å². The molecule has 120 valence electrons. The number of nitro groups is 1. The van der Waals surface area contributed by atoms with Gasteiger partial charge in [-0.05, 0) is 48.2 Å². The van der Waals surface area contributed by atoms with Crippen LogP contribution in [0.1, 0.15) is 11.1 Å². The van der Waals surface area contributed by atoms with E-state index < -0.39 is 0 Å². The third-order valence-corrected chi connectivity index (χ3v) is 4.41. The predicted octanol–water partition coefficient (Wildman–Crippen LogP) is 3.42. The highest BCUT2D eigenvalue weighted by atomic mass is 16.6. The zero-order chi connectivity index (χ0) is 16.7. The molecule has 0 saturated heterocycles. The van der Waals surface area contributed by atoms with Gasteiger partial charge in [-0.3, -0.25) is 14.9 Å². The van der Waals surface area contributed by atoms with Gasteiger partial charge >= 0.3 is 0 Å². The lowest BCUT2D eigenvalue weighted by molar-refractivity contribution is -0.384. The summed E-state index contributed by atoms with van der Waals surface area (Å²) < 4.78 is 5.36. The molecule has 0 fully saturated rings. The Morgan fingerprint density at radius 2 is 2.08 bits per heavy atom. The van der Waals surface area contributed by atoms with Crippen LogP contribution in [0.25, 0.3) is 22.2 Å². The fourth-order valence-corrected chi connectivity index (χ4v) is 3.35. The number of ether oxygens (including phenoxy) is 1. The minimum absolute atomic E-state index is 0.0418. The quantitative estimate of drug-likeness (QED) is 0.453. The second-order valence-electron chi connectivity index (χ2n) is 5.76. The van der Waals surface area contributed by atoms with E-state index in [1.54, 1.807) is 12.1 Å². The Hall–Kier alpha value is -3.15. The molecule has 2 aromatic carbocycles. The van der Waals surface area contributed by atoms with Crippen molar-refractivity contribution in [3.05, 3.63) is 57.6 Å². The first-order valence-corrected chi connectivity index (χ1v) is 7.66. The van der Waals surface area contributed by atoms with Gasteiger partial charge in [0, 0.05) is 28.8 Å². The molecule has 0 unspecified atom stereocenters. The number of aryl methyl sites for hydroxylation is 2. The molecular formula is C18H14N2O4. The number of H-pyrrole nitrogens is 1. The van der Waals surface area contributed by atoms with Crippen molar-refractivity contribution in [2.45, 2.75) is 12.8 Å². The first kappa shape index (κ1) is 14.4. The Balaban J connectivity index is 1.81. The molecule has 1 N–H and O–H groups in total. The number of aromatic nitrogens is 1. The Morgan fingerprint density at radius 3 is 2.88 bits per heavy atom. The first-order chi connectivity index (χ1) is 11.7. The summed E-state index contributed by atoms with van der Waals surface area (Å²) in [5.74, 6) is 0.677. The third-order valence-electron chi connectivity index (χ3n) is 4.41. The summed E-state index contributed by atoms with van der Waals surface area (Å²) in [4.78, 5) is 24.3. The Labute approximate surface area is 137 Å². The van der Waals surface area contributed by atoms with Gasteiger partial charge in [0.15, 0.2) is 6.29 Å². The van der Waals surface area contributed by atoms with Crippen molar-refractivity contribution in [1.29, 1.82) is 0 Å². The lowest BCUT2D eigenvalue weighted by atomic mass is 9.89. The summed E-state index contributed by atoms with van der Waals surface area (Å²) in [5.41, 5.74) is 5.28. The molecule has 0 aliphatic heterocycles. The van der Waals surface area contributed by atoms with E-state index in [1.165, 1.54) is 5.56 Å². The molecule has 0 saturated carbocycles. The van der Waals surface area contributed by atoms with Crippen molar-refractivity contribution in [3.63, 3.8) is 0 Å². The highest BCUT2D eigenvalue weighted by molar-refractivity contribution is 5.93.